The maximum Gasteiger partial charge on any atom is 0.361 e. The van der Waals surface area contributed by atoms with Crippen LogP contribution >= 0.6 is 35.0 Å². The number of amidine groups is 2. The average Bonchev–Trinajstić information content (AvgIpc) is 3.60. The van der Waals surface area contributed by atoms with Crippen molar-refractivity contribution in [1.29, 1.82) is 0 Å². The highest BCUT2D eigenvalue weighted by Crippen LogP contribution is 2.44. The lowest BCUT2D eigenvalue weighted by Gasteiger charge is -2.29. The van der Waals surface area contributed by atoms with Gasteiger partial charge in [0.25, 0.3) is 0 Å². The van der Waals surface area contributed by atoms with Crippen LogP contribution in [-0.2, 0) is 0 Å². The van der Waals surface area contributed by atoms with Crippen LogP contribution in [0.5, 0.6) is 0 Å². The molecule has 7 heteroatoms. The zero-order valence-corrected chi connectivity index (χ0v) is 19.4. The number of nitrogens with zero attached hydrogens (tertiary/aromatic N) is 2. The number of halogens is 2. The number of carboxylic acids is 1. The molecule has 0 amide bonds. The second-order valence-electron chi connectivity index (χ2n) is 8.14. The number of carbonyl (C=O) groups is 1. The summed E-state index contributed by atoms with van der Waals surface area (Å²) in [6, 6.07) is 14.8. The molecule has 5 rings (SSSR count). The fourth-order valence-corrected chi connectivity index (χ4v) is 5.60. The van der Waals surface area contributed by atoms with Gasteiger partial charge in [-0.25, -0.2) is 4.67 Å². The number of benzene rings is 2. The molecule has 2 aromatic rings. The number of carboxylic acid groups (broad SMARTS) is 1. The summed E-state index contributed by atoms with van der Waals surface area (Å²) in [6.07, 6.45) is 9.21. The van der Waals surface area contributed by atoms with Crippen LogP contribution in [0.2, 0.25) is 5.02 Å². The van der Waals surface area contributed by atoms with Crippen molar-refractivity contribution in [3.8, 4) is 0 Å². The first-order valence-corrected chi connectivity index (χ1v) is 12.2. The Kier molecular flexibility index (Phi) is 5.92. The molecule has 4 nitrogen and oxygen atoms in total. The maximum atomic E-state index is 11.4. The third-order valence-corrected chi connectivity index (χ3v) is 7.71. The molecule has 0 bridgehead atoms. The summed E-state index contributed by atoms with van der Waals surface area (Å²) in [5.74, 6) is 0.519. The number of allylic oxidation sites excluding steroid dienone is 4. The molecule has 2 unspecified atom stereocenters. The smallest absolute Gasteiger partial charge is 0.361 e. The molecule has 162 valence electrons. The van der Waals surface area contributed by atoms with E-state index in [2.05, 4.69) is 23.1 Å². The van der Waals surface area contributed by atoms with Gasteiger partial charge in [-0.05, 0) is 72.8 Å². The zero-order chi connectivity index (χ0) is 22.2. The van der Waals surface area contributed by atoms with Crippen molar-refractivity contribution in [2.75, 3.05) is 4.90 Å². The van der Waals surface area contributed by atoms with Crippen LogP contribution < -0.4 is 14.7 Å². The molecule has 0 aromatic heterocycles. The Morgan fingerprint density at radius 2 is 1.94 bits per heavy atom. The molecule has 0 N–H and O–H groups in total. The van der Waals surface area contributed by atoms with E-state index < -0.39 is 5.97 Å². The van der Waals surface area contributed by atoms with Gasteiger partial charge in [-0.1, -0.05) is 59.6 Å². The highest BCUT2D eigenvalue weighted by atomic mass is 35.5. The lowest BCUT2D eigenvalue weighted by atomic mass is 9.92. The Hall–Kier alpha value is -2.43. The molecular formula is C25H20Cl2N2O2S. The first-order valence-electron chi connectivity index (χ1n) is 10.5. The Bertz CT molecular complexity index is 1190. The van der Waals surface area contributed by atoms with E-state index in [9.17, 15) is 9.90 Å². The maximum absolute atomic E-state index is 11.4. The molecule has 0 spiro atoms. The van der Waals surface area contributed by atoms with E-state index in [0.717, 1.165) is 46.5 Å². The van der Waals surface area contributed by atoms with Crippen molar-refractivity contribution < 1.29 is 9.90 Å². The van der Waals surface area contributed by atoms with Gasteiger partial charge in [-0.2, -0.15) is 4.90 Å². The van der Waals surface area contributed by atoms with Crippen LogP contribution in [0.25, 0.3) is 0 Å². The highest BCUT2D eigenvalue weighted by molar-refractivity contribution is 8.14. The van der Waals surface area contributed by atoms with Crippen molar-refractivity contribution >= 4 is 57.6 Å². The molecule has 0 saturated heterocycles. The molecule has 2 atom stereocenters. The third kappa shape index (κ3) is 4.39. The summed E-state index contributed by atoms with van der Waals surface area (Å²) in [6.45, 7) is 0. The third-order valence-electron chi connectivity index (χ3n) is 5.82. The zero-order valence-electron chi connectivity index (χ0n) is 17.1. The summed E-state index contributed by atoms with van der Waals surface area (Å²) in [5, 5.41) is 13.8. The van der Waals surface area contributed by atoms with Crippen molar-refractivity contribution in [3.63, 3.8) is 0 Å². The number of anilines is 1. The first-order chi connectivity index (χ1) is 15.5. The van der Waals surface area contributed by atoms with E-state index >= 15 is 0 Å². The Labute approximate surface area is 201 Å². The summed E-state index contributed by atoms with van der Waals surface area (Å²) in [5.41, 5.74) is 2.13. The van der Waals surface area contributed by atoms with Crippen LogP contribution in [-0.4, -0.2) is 17.0 Å². The molecule has 1 saturated carbocycles. The summed E-state index contributed by atoms with van der Waals surface area (Å²) < 4.78 is 4.88. The van der Waals surface area contributed by atoms with E-state index in [1.165, 1.54) is 0 Å². The fraction of sp³-hybridized carbons (Fsp3) is 0.240. The SMILES string of the molecule is O=C([O-])c1cccc(N2C(SC(c3ccc(Cl)cc3)C3C=CC(Cl)=CC3)=[N+]=C2C2CC2)c1. The largest absolute Gasteiger partial charge is 0.545 e. The number of hydrogen-bond donors (Lipinski definition) is 0. The van der Waals surface area contributed by atoms with Gasteiger partial charge in [0.2, 0.25) is 0 Å². The molecule has 1 fully saturated rings. The van der Waals surface area contributed by atoms with Crippen molar-refractivity contribution in [1.82, 2.24) is 4.67 Å². The van der Waals surface area contributed by atoms with E-state index in [1.807, 2.05) is 30.4 Å². The minimum Gasteiger partial charge on any atom is -0.545 e. The van der Waals surface area contributed by atoms with Crippen molar-refractivity contribution in [2.24, 2.45) is 11.8 Å². The van der Waals surface area contributed by atoms with E-state index in [-0.39, 0.29) is 16.7 Å². The van der Waals surface area contributed by atoms with Gasteiger partial charge >= 0.3 is 11.0 Å². The average molecular weight is 483 g/mol. The molecule has 0 radical (unpaired) electrons. The van der Waals surface area contributed by atoms with Gasteiger partial charge in [-0.3, -0.25) is 0 Å². The number of thioether (sulfide) groups is 1. The standard InChI is InChI=1S/C25H20Cl2N2O2S/c26-19-10-6-15(7-11-19)22(16-8-12-20(27)13-9-16)32-25-28-23(17-4-5-17)29(25)21-3-1-2-18(14-21)24(30)31/h1-3,6-8,10-14,16-17,22H,4-5,9H2. The fourth-order valence-electron chi connectivity index (χ4n) is 3.96. The Morgan fingerprint density at radius 1 is 1.16 bits per heavy atom. The summed E-state index contributed by atoms with van der Waals surface area (Å²) in [7, 11) is 0. The van der Waals surface area contributed by atoms with Gasteiger partial charge in [-0.15, -0.1) is 0 Å². The van der Waals surface area contributed by atoms with Gasteiger partial charge in [0, 0.05) is 20.9 Å². The number of aromatic carboxylic acids is 1. The van der Waals surface area contributed by atoms with Gasteiger partial charge in [0.1, 0.15) is 5.69 Å². The molecule has 32 heavy (non-hydrogen) atoms. The minimum atomic E-state index is -1.18. The van der Waals surface area contributed by atoms with Crippen LogP contribution in [0.15, 0.2) is 71.8 Å². The minimum absolute atomic E-state index is 0.107. The normalized spacial score (nSPS) is 20.8. The second kappa shape index (κ2) is 8.84. The highest BCUT2D eigenvalue weighted by Gasteiger charge is 2.47. The van der Waals surface area contributed by atoms with E-state index in [0.29, 0.717) is 10.9 Å². The quantitative estimate of drug-likeness (QED) is 0.547. The topological polar surface area (TPSA) is 57.5 Å². The van der Waals surface area contributed by atoms with Crippen molar-refractivity contribution in [2.45, 2.75) is 24.5 Å². The summed E-state index contributed by atoms with van der Waals surface area (Å²) in [4.78, 5) is 13.5. The Balaban J connectivity index is 1.48. The molecule has 1 aliphatic heterocycles. The second-order valence-corrected chi connectivity index (χ2v) is 10.1. The van der Waals surface area contributed by atoms with Gasteiger partial charge < -0.3 is 9.90 Å². The predicted octanol–water partition coefficient (Wildman–Crippen LogP) is 4.93. The predicted molar refractivity (Wildman–Crippen MR) is 131 cm³/mol. The van der Waals surface area contributed by atoms with Gasteiger partial charge in [0.15, 0.2) is 0 Å². The van der Waals surface area contributed by atoms with E-state index in [4.69, 9.17) is 27.9 Å². The van der Waals surface area contributed by atoms with Crippen LogP contribution in [0, 0.1) is 11.8 Å². The molecule has 3 aliphatic rings. The molecule has 1 heterocycles. The van der Waals surface area contributed by atoms with E-state index in [1.54, 1.807) is 30.0 Å². The Morgan fingerprint density at radius 3 is 2.59 bits per heavy atom. The van der Waals surface area contributed by atoms with Crippen LogP contribution in [0.1, 0.15) is 40.4 Å². The van der Waals surface area contributed by atoms with Crippen LogP contribution in [0.4, 0.5) is 5.69 Å². The molecular weight excluding hydrogens is 463 g/mol. The monoisotopic (exact) mass is 482 g/mol. The van der Waals surface area contributed by atoms with Crippen molar-refractivity contribution in [3.05, 3.63) is 87.9 Å². The number of rotatable bonds is 6. The number of hydrogen-bond acceptors (Lipinski definition) is 4. The first kappa shape index (κ1) is 21.4. The molecule has 2 aliphatic carbocycles. The number of carbonyl (C=O) groups excluding carboxylic acids is 1. The lowest BCUT2D eigenvalue weighted by molar-refractivity contribution is -0.255. The lowest BCUT2D eigenvalue weighted by Crippen LogP contribution is -2.48. The molecule has 2 aromatic carbocycles. The van der Waals surface area contributed by atoms with Gasteiger partial charge in [0.05, 0.1) is 11.9 Å². The summed E-state index contributed by atoms with van der Waals surface area (Å²) >= 11 is 14.0. The van der Waals surface area contributed by atoms with Crippen LogP contribution in [0.3, 0.4) is 0 Å².